The molecule has 0 aromatic carbocycles. The van der Waals surface area contributed by atoms with Gasteiger partial charge in [-0.1, -0.05) is 12.1 Å². The van der Waals surface area contributed by atoms with Crippen molar-refractivity contribution in [2.75, 3.05) is 13.7 Å². The number of aromatic nitrogens is 2. The number of hydrogen-bond donors (Lipinski definition) is 1. The Hall–Kier alpha value is -1.15. The number of rotatable bonds is 7. The molecule has 8 heteroatoms. The van der Waals surface area contributed by atoms with Crippen LogP contribution in [0.3, 0.4) is 0 Å². The molecule has 1 aromatic heterocycles. The van der Waals surface area contributed by atoms with Crippen LogP contribution >= 0.6 is 0 Å². The third-order valence-electron chi connectivity index (χ3n) is 2.80. The van der Waals surface area contributed by atoms with E-state index in [4.69, 9.17) is 4.52 Å². The van der Waals surface area contributed by atoms with Gasteiger partial charge in [-0.2, -0.15) is 18.2 Å². The molecule has 0 radical (unpaired) electrons. The van der Waals surface area contributed by atoms with Gasteiger partial charge in [0, 0.05) is 6.04 Å². The quantitative estimate of drug-likeness (QED) is 0.830. The van der Waals surface area contributed by atoms with Crippen molar-refractivity contribution in [3.8, 4) is 0 Å². The molecule has 0 fully saturated rings. The van der Waals surface area contributed by atoms with Gasteiger partial charge in [0.25, 0.3) is 0 Å². The van der Waals surface area contributed by atoms with Crippen molar-refractivity contribution >= 4 is 0 Å². The van der Waals surface area contributed by atoms with Crippen LogP contribution in [0.1, 0.15) is 37.9 Å². The maximum atomic E-state index is 11.9. The van der Waals surface area contributed by atoms with Gasteiger partial charge in [0.15, 0.2) is 5.82 Å². The standard InChI is InChI=1S/C11H18F3N3O2/c1-4-8(7(2)15-3)10-16-9(17-19-10)5-18-6-11(12,13)14/h7-8,15H,4-6H2,1-3H3. The Bertz CT molecular complexity index is 382. The van der Waals surface area contributed by atoms with Crippen LogP contribution in [-0.4, -0.2) is 36.0 Å². The average Bonchev–Trinajstić information content (AvgIpc) is 2.76. The zero-order valence-corrected chi connectivity index (χ0v) is 11.1. The van der Waals surface area contributed by atoms with Gasteiger partial charge in [-0.15, -0.1) is 0 Å². The lowest BCUT2D eigenvalue weighted by Gasteiger charge is -2.17. The summed E-state index contributed by atoms with van der Waals surface area (Å²) in [5, 5.41) is 6.69. The smallest absolute Gasteiger partial charge is 0.364 e. The van der Waals surface area contributed by atoms with Crippen molar-refractivity contribution in [1.29, 1.82) is 0 Å². The largest absolute Gasteiger partial charge is 0.411 e. The Morgan fingerprint density at radius 3 is 2.63 bits per heavy atom. The van der Waals surface area contributed by atoms with Crippen LogP contribution in [-0.2, 0) is 11.3 Å². The summed E-state index contributed by atoms with van der Waals surface area (Å²) in [4.78, 5) is 4.06. The van der Waals surface area contributed by atoms with Gasteiger partial charge in [-0.05, 0) is 20.4 Å². The number of nitrogens with zero attached hydrogens (tertiary/aromatic N) is 2. The molecule has 0 aliphatic heterocycles. The summed E-state index contributed by atoms with van der Waals surface area (Å²) < 4.78 is 45.2. The van der Waals surface area contributed by atoms with Gasteiger partial charge in [0.1, 0.15) is 13.2 Å². The molecule has 0 spiro atoms. The van der Waals surface area contributed by atoms with Crippen LogP contribution in [0.5, 0.6) is 0 Å². The number of likely N-dealkylation sites (N-methyl/N-ethyl adjacent to an activating group) is 1. The first-order chi connectivity index (χ1) is 8.87. The third kappa shape index (κ3) is 5.15. The van der Waals surface area contributed by atoms with Crippen molar-refractivity contribution in [1.82, 2.24) is 15.5 Å². The van der Waals surface area contributed by atoms with Gasteiger partial charge >= 0.3 is 6.18 Å². The fourth-order valence-electron chi connectivity index (χ4n) is 1.68. The summed E-state index contributed by atoms with van der Waals surface area (Å²) in [6.07, 6.45) is -3.56. The minimum atomic E-state index is -4.35. The van der Waals surface area contributed by atoms with Crippen molar-refractivity contribution in [2.45, 2.75) is 45.0 Å². The molecule has 1 N–H and O–H groups in total. The van der Waals surface area contributed by atoms with Crippen LogP contribution in [0.4, 0.5) is 13.2 Å². The molecule has 0 saturated carbocycles. The van der Waals surface area contributed by atoms with Gasteiger partial charge in [-0.3, -0.25) is 0 Å². The maximum Gasteiger partial charge on any atom is 0.411 e. The molecule has 1 aromatic rings. The summed E-state index contributed by atoms with van der Waals surface area (Å²) in [5.41, 5.74) is 0. The first-order valence-corrected chi connectivity index (χ1v) is 6.01. The lowest BCUT2D eigenvalue weighted by Crippen LogP contribution is -2.28. The van der Waals surface area contributed by atoms with Crippen molar-refractivity contribution in [3.63, 3.8) is 0 Å². The van der Waals surface area contributed by atoms with E-state index in [1.165, 1.54) is 0 Å². The summed E-state index contributed by atoms with van der Waals surface area (Å²) in [5.74, 6) is 0.560. The van der Waals surface area contributed by atoms with E-state index in [-0.39, 0.29) is 24.4 Å². The molecule has 1 heterocycles. The molecule has 1 rings (SSSR count). The highest BCUT2D eigenvalue weighted by atomic mass is 19.4. The monoisotopic (exact) mass is 281 g/mol. The highest BCUT2D eigenvalue weighted by Gasteiger charge is 2.28. The Morgan fingerprint density at radius 1 is 1.42 bits per heavy atom. The second-order valence-corrected chi connectivity index (χ2v) is 4.25. The van der Waals surface area contributed by atoms with Crippen molar-refractivity contribution in [3.05, 3.63) is 11.7 Å². The number of ether oxygens (including phenoxy) is 1. The average molecular weight is 281 g/mol. The number of halogens is 3. The first-order valence-electron chi connectivity index (χ1n) is 6.01. The molecule has 2 unspecified atom stereocenters. The highest BCUT2D eigenvalue weighted by molar-refractivity contribution is 4.97. The number of nitrogens with one attached hydrogen (secondary N) is 1. The molecule has 2 atom stereocenters. The Labute approximate surface area is 109 Å². The normalized spacial score (nSPS) is 15.5. The molecule has 0 aliphatic rings. The molecular weight excluding hydrogens is 263 g/mol. The summed E-state index contributed by atoms with van der Waals surface area (Å²) >= 11 is 0. The van der Waals surface area contributed by atoms with E-state index in [1.54, 1.807) is 0 Å². The highest BCUT2D eigenvalue weighted by Crippen LogP contribution is 2.22. The second kappa shape index (κ2) is 6.85. The van der Waals surface area contributed by atoms with E-state index in [2.05, 4.69) is 20.2 Å². The summed E-state index contributed by atoms with van der Waals surface area (Å²) in [7, 11) is 1.82. The van der Waals surface area contributed by atoms with E-state index in [1.807, 2.05) is 20.9 Å². The van der Waals surface area contributed by atoms with E-state index >= 15 is 0 Å². The van der Waals surface area contributed by atoms with Crippen LogP contribution in [0.2, 0.25) is 0 Å². The minimum absolute atomic E-state index is 0.0221. The Balaban J connectivity index is 2.56. The summed E-state index contributed by atoms with van der Waals surface area (Å²) in [6.45, 7) is 2.31. The molecule has 110 valence electrons. The summed E-state index contributed by atoms with van der Waals surface area (Å²) in [6, 6.07) is 0.134. The SMILES string of the molecule is CCC(c1nc(COCC(F)(F)F)no1)C(C)NC. The maximum absolute atomic E-state index is 11.9. The van der Waals surface area contributed by atoms with Gasteiger partial charge in [-0.25, -0.2) is 0 Å². The number of alkyl halides is 3. The fraction of sp³-hybridized carbons (Fsp3) is 0.818. The van der Waals surface area contributed by atoms with Crippen LogP contribution < -0.4 is 5.32 Å². The molecule has 0 amide bonds. The molecule has 0 aliphatic carbocycles. The van der Waals surface area contributed by atoms with E-state index in [9.17, 15) is 13.2 Å². The Kier molecular flexibility index (Phi) is 5.74. The second-order valence-electron chi connectivity index (χ2n) is 4.25. The predicted molar refractivity (Wildman–Crippen MR) is 61.6 cm³/mol. The minimum Gasteiger partial charge on any atom is -0.364 e. The lowest BCUT2D eigenvalue weighted by atomic mass is 9.98. The van der Waals surface area contributed by atoms with Crippen LogP contribution in [0.25, 0.3) is 0 Å². The molecule has 19 heavy (non-hydrogen) atoms. The number of hydrogen-bond acceptors (Lipinski definition) is 5. The predicted octanol–water partition coefficient (Wildman–Crippen LogP) is 2.25. The molecular formula is C11H18F3N3O2. The van der Waals surface area contributed by atoms with Crippen LogP contribution in [0.15, 0.2) is 4.52 Å². The third-order valence-corrected chi connectivity index (χ3v) is 2.80. The first kappa shape index (κ1) is 15.9. The van der Waals surface area contributed by atoms with Gasteiger partial charge < -0.3 is 14.6 Å². The van der Waals surface area contributed by atoms with E-state index in [0.29, 0.717) is 5.89 Å². The topological polar surface area (TPSA) is 60.2 Å². The van der Waals surface area contributed by atoms with Gasteiger partial charge in [0.2, 0.25) is 5.89 Å². The van der Waals surface area contributed by atoms with E-state index in [0.717, 1.165) is 6.42 Å². The van der Waals surface area contributed by atoms with Crippen molar-refractivity contribution in [2.24, 2.45) is 0 Å². The molecule has 0 bridgehead atoms. The molecule has 0 saturated heterocycles. The zero-order chi connectivity index (χ0) is 14.5. The Morgan fingerprint density at radius 2 is 2.11 bits per heavy atom. The van der Waals surface area contributed by atoms with Crippen LogP contribution in [0, 0.1) is 0 Å². The van der Waals surface area contributed by atoms with Gasteiger partial charge in [0.05, 0.1) is 5.92 Å². The lowest BCUT2D eigenvalue weighted by molar-refractivity contribution is -0.177. The van der Waals surface area contributed by atoms with E-state index < -0.39 is 12.8 Å². The zero-order valence-electron chi connectivity index (χ0n) is 11.1. The molecule has 5 nitrogen and oxygen atoms in total. The fourth-order valence-corrected chi connectivity index (χ4v) is 1.68. The van der Waals surface area contributed by atoms with Crippen molar-refractivity contribution < 1.29 is 22.4 Å².